The van der Waals surface area contributed by atoms with Crippen molar-refractivity contribution in [3.05, 3.63) is 83.2 Å². The molecule has 0 radical (unpaired) electrons. The molecule has 1 unspecified atom stereocenters. The van der Waals surface area contributed by atoms with E-state index in [1.807, 2.05) is 12.1 Å². The summed E-state index contributed by atoms with van der Waals surface area (Å²) in [6, 6.07) is 16.1. The number of carbonyl (C=O) groups excluding carboxylic acids is 2. The molecule has 3 aromatic carbocycles. The molecule has 0 saturated carbocycles. The van der Waals surface area contributed by atoms with Gasteiger partial charge < -0.3 is 24.4 Å². The van der Waals surface area contributed by atoms with Crippen LogP contribution in [0.3, 0.4) is 0 Å². The molecule has 0 spiro atoms. The molecule has 0 fully saturated rings. The van der Waals surface area contributed by atoms with Gasteiger partial charge >= 0.3 is 0 Å². The number of nitrogens with one attached hydrogen (secondary N) is 1. The van der Waals surface area contributed by atoms with E-state index >= 15 is 0 Å². The molecule has 0 saturated heterocycles. The maximum Gasteiger partial charge on any atom is 0.263 e. The van der Waals surface area contributed by atoms with E-state index in [4.69, 9.17) is 14.2 Å². The van der Waals surface area contributed by atoms with Crippen molar-refractivity contribution in [3.63, 3.8) is 0 Å². The van der Waals surface area contributed by atoms with E-state index in [1.165, 1.54) is 24.3 Å². The summed E-state index contributed by atoms with van der Waals surface area (Å²) in [5, 5.41) is 2.78. The van der Waals surface area contributed by atoms with Gasteiger partial charge in [0.15, 0.2) is 17.6 Å². The summed E-state index contributed by atoms with van der Waals surface area (Å²) >= 11 is 0. The average molecular weight is 464 g/mol. The van der Waals surface area contributed by atoms with Gasteiger partial charge in [-0.2, -0.15) is 0 Å². The van der Waals surface area contributed by atoms with Crippen LogP contribution < -0.4 is 19.5 Å². The van der Waals surface area contributed by atoms with Gasteiger partial charge in [-0.25, -0.2) is 4.39 Å². The van der Waals surface area contributed by atoms with E-state index < -0.39 is 17.8 Å². The van der Waals surface area contributed by atoms with E-state index in [0.717, 1.165) is 11.1 Å². The summed E-state index contributed by atoms with van der Waals surface area (Å²) in [4.78, 5) is 27.3. The van der Waals surface area contributed by atoms with Crippen LogP contribution in [0.5, 0.6) is 17.2 Å². The normalized spacial score (nSPS) is 15.1. The molecule has 34 heavy (non-hydrogen) atoms. The number of amides is 2. The maximum absolute atomic E-state index is 13.5. The Balaban J connectivity index is 1.60. The number of anilines is 1. The van der Waals surface area contributed by atoms with E-state index in [9.17, 15) is 14.0 Å². The van der Waals surface area contributed by atoms with Crippen LogP contribution >= 0.6 is 0 Å². The van der Waals surface area contributed by atoms with Gasteiger partial charge in [-0.15, -0.1) is 0 Å². The summed E-state index contributed by atoms with van der Waals surface area (Å²) in [5.41, 5.74) is 2.25. The summed E-state index contributed by atoms with van der Waals surface area (Å²) in [7, 11) is 3.12. The number of fused-ring (bicyclic) bond motifs is 1. The number of hydrogen-bond acceptors (Lipinski definition) is 5. The number of ether oxygens (including phenoxy) is 3. The largest absolute Gasteiger partial charge is 0.493 e. The molecule has 1 N–H and O–H groups in total. The number of benzene rings is 3. The van der Waals surface area contributed by atoms with Crippen LogP contribution in [0.1, 0.15) is 28.4 Å². The average Bonchev–Trinajstić information content (AvgIpc) is 2.94. The highest BCUT2D eigenvalue weighted by molar-refractivity contribution is 6.04. The van der Waals surface area contributed by atoms with Gasteiger partial charge in [0.2, 0.25) is 0 Å². The molecule has 7 nitrogen and oxygen atoms in total. The molecule has 2 amide bonds. The molecule has 0 aromatic heterocycles. The molecule has 1 heterocycles. The smallest absolute Gasteiger partial charge is 0.263 e. The molecule has 3 aromatic rings. The fourth-order valence-electron chi connectivity index (χ4n) is 3.93. The first-order chi connectivity index (χ1) is 16.4. The first kappa shape index (κ1) is 23.1. The van der Waals surface area contributed by atoms with Crippen molar-refractivity contribution < 1.29 is 28.2 Å². The van der Waals surface area contributed by atoms with Crippen molar-refractivity contribution >= 4 is 17.5 Å². The first-order valence-corrected chi connectivity index (χ1v) is 10.7. The molecule has 176 valence electrons. The fourth-order valence-corrected chi connectivity index (χ4v) is 3.93. The lowest BCUT2D eigenvalue weighted by Crippen LogP contribution is -2.37. The minimum absolute atomic E-state index is 0.175. The SMILES string of the molecule is COc1cccc(CN2Cc3cc(NC(=O)c4cccc(F)c4)ccc3OC(C)C2=O)c1OC. The molecule has 4 rings (SSSR count). The van der Waals surface area contributed by atoms with Gasteiger partial charge in [0.05, 0.1) is 14.2 Å². The van der Waals surface area contributed by atoms with Gasteiger partial charge in [-0.3, -0.25) is 9.59 Å². The van der Waals surface area contributed by atoms with E-state index in [2.05, 4.69) is 5.32 Å². The molecule has 1 aliphatic heterocycles. The van der Waals surface area contributed by atoms with Gasteiger partial charge in [-0.1, -0.05) is 18.2 Å². The standard InChI is InChI=1S/C26H25FN2O5/c1-16-26(31)29(14-18-7-5-9-23(32-2)24(18)33-3)15-19-13-21(10-11-22(19)34-16)28-25(30)17-6-4-8-20(27)12-17/h4-13,16H,14-15H2,1-3H3,(H,28,30). The summed E-state index contributed by atoms with van der Waals surface area (Å²) in [6.45, 7) is 2.25. The van der Waals surface area contributed by atoms with Crippen LogP contribution in [0.4, 0.5) is 10.1 Å². The molecule has 1 aliphatic rings. The number of rotatable bonds is 6. The third kappa shape index (κ3) is 4.80. The zero-order chi connectivity index (χ0) is 24.2. The van der Waals surface area contributed by atoms with Crippen molar-refractivity contribution in [2.45, 2.75) is 26.1 Å². The predicted octanol–water partition coefficient (Wildman–Crippen LogP) is 4.40. The third-order valence-electron chi connectivity index (χ3n) is 5.58. The Morgan fingerprint density at radius 3 is 2.65 bits per heavy atom. The highest BCUT2D eigenvalue weighted by Gasteiger charge is 2.29. The Hall–Kier alpha value is -4.07. The number of carbonyl (C=O) groups is 2. The topological polar surface area (TPSA) is 77.1 Å². The highest BCUT2D eigenvalue weighted by atomic mass is 19.1. The van der Waals surface area contributed by atoms with Crippen molar-refractivity contribution in [1.82, 2.24) is 4.90 Å². The highest BCUT2D eigenvalue weighted by Crippen LogP contribution is 2.34. The summed E-state index contributed by atoms with van der Waals surface area (Å²) in [5.74, 6) is 0.605. The van der Waals surface area contributed by atoms with Gasteiger partial charge in [0, 0.05) is 35.5 Å². The second-order valence-electron chi connectivity index (χ2n) is 7.89. The second-order valence-corrected chi connectivity index (χ2v) is 7.89. The van der Waals surface area contributed by atoms with Crippen molar-refractivity contribution in [2.75, 3.05) is 19.5 Å². The lowest BCUT2D eigenvalue weighted by Gasteiger charge is -2.24. The minimum atomic E-state index is -0.689. The maximum atomic E-state index is 13.5. The summed E-state index contributed by atoms with van der Waals surface area (Å²) in [6.07, 6.45) is -0.689. The van der Waals surface area contributed by atoms with Gasteiger partial charge in [-0.05, 0) is 49.4 Å². The third-order valence-corrected chi connectivity index (χ3v) is 5.58. The number of halogens is 1. The van der Waals surface area contributed by atoms with Crippen LogP contribution in [0, 0.1) is 5.82 Å². The van der Waals surface area contributed by atoms with Gasteiger partial charge in [0.1, 0.15) is 11.6 Å². The van der Waals surface area contributed by atoms with Gasteiger partial charge in [0.25, 0.3) is 11.8 Å². The Bertz CT molecular complexity index is 1230. The van der Waals surface area contributed by atoms with Crippen molar-refractivity contribution in [2.24, 2.45) is 0 Å². The lowest BCUT2D eigenvalue weighted by atomic mass is 10.1. The molecular weight excluding hydrogens is 439 g/mol. The minimum Gasteiger partial charge on any atom is -0.493 e. The van der Waals surface area contributed by atoms with Crippen LogP contribution in [-0.2, 0) is 17.9 Å². The number of para-hydroxylation sites is 1. The summed E-state index contributed by atoms with van der Waals surface area (Å²) < 4.78 is 30.3. The Labute approximate surface area is 197 Å². The van der Waals surface area contributed by atoms with E-state index in [-0.39, 0.29) is 24.6 Å². The van der Waals surface area contributed by atoms with Crippen molar-refractivity contribution in [1.29, 1.82) is 0 Å². The fraction of sp³-hybridized carbons (Fsp3) is 0.231. The molecule has 8 heteroatoms. The van der Waals surface area contributed by atoms with Crippen molar-refractivity contribution in [3.8, 4) is 17.2 Å². The van der Waals surface area contributed by atoms with Crippen LogP contribution in [0.2, 0.25) is 0 Å². The number of hydrogen-bond donors (Lipinski definition) is 1. The molecule has 0 aliphatic carbocycles. The molecule has 0 bridgehead atoms. The molecular formula is C26H25FN2O5. The number of methoxy groups -OCH3 is 2. The molecule has 1 atom stereocenters. The lowest BCUT2D eigenvalue weighted by molar-refractivity contribution is -0.138. The van der Waals surface area contributed by atoms with E-state index in [0.29, 0.717) is 22.9 Å². The number of nitrogens with zero attached hydrogens (tertiary/aromatic N) is 1. The quantitative estimate of drug-likeness (QED) is 0.585. The Morgan fingerprint density at radius 1 is 1.12 bits per heavy atom. The zero-order valence-electron chi connectivity index (χ0n) is 19.1. The second kappa shape index (κ2) is 9.82. The predicted molar refractivity (Wildman–Crippen MR) is 125 cm³/mol. The van der Waals surface area contributed by atoms with Crippen LogP contribution in [-0.4, -0.2) is 37.0 Å². The van der Waals surface area contributed by atoms with Crippen LogP contribution in [0.25, 0.3) is 0 Å². The monoisotopic (exact) mass is 464 g/mol. The van der Waals surface area contributed by atoms with Crippen LogP contribution in [0.15, 0.2) is 60.7 Å². The Morgan fingerprint density at radius 2 is 1.91 bits per heavy atom. The van der Waals surface area contributed by atoms with E-state index in [1.54, 1.807) is 50.3 Å². The Kier molecular flexibility index (Phi) is 6.67. The zero-order valence-corrected chi connectivity index (χ0v) is 19.1. The first-order valence-electron chi connectivity index (χ1n) is 10.7.